The molecule has 6 heteroatoms. The predicted molar refractivity (Wildman–Crippen MR) is 95.7 cm³/mol. The zero-order valence-corrected chi connectivity index (χ0v) is 14.4. The average molecular weight is 340 g/mol. The number of nitrogens with zero attached hydrogens (tertiary/aromatic N) is 4. The lowest BCUT2D eigenvalue weighted by Gasteiger charge is -2.38. The summed E-state index contributed by atoms with van der Waals surface area (Å²) in [6.07, 6.45) is 2.38. The van der Waals surface area contributed by atoms with Crippen LogP contribution in [0, 0.1) is 11.2 Å². The molecule has 130 valence electrons. The van der Waals surface area contributed by atoms with Crippen molar-refractivity contribution in [1.29, 1.82) is 0 Å². The first-order valence-electron chi connectivity index (χ1n) is 8.52. The molecule has 0 bridgehead atoms. The van der Waals surface area contributed by atoms with Crippen LogP contribution in [-0.2, 0) is 0 Å². The fraction of sp³-hybridized carbons (Fsp3) is 0.368. The number of rotatable bonds is 2. The van der Waals surface area contributed by atoms with Crippen LogP contribution in [0.4, 0.5) is 10.1 Å². The molecule has 3 aromatic rings. The SMILES string of the molecule is CC1(C)CCN(c2ccc(-n3nnc4cc(F)c(O)cc43)cc2)CC1. The van der Waals surface area contributed by atoms with Gasteiger partial charge in [0.15, 0.2) is 11.6 Å². The second-order valence-electron chi connectivity index (χ2n) is 7.46. The highest BCUT2D eigenvalue weighted by atomic mass is 19.1. The molecule has 1 fully saturated rings. The fourth-order valence-electron chi connectivity index (χ4n) is 3.30. The molecule has 0 aliphatic carbocycles. The van der Waals surface area contributed by atoms with Gasteiger partial charge in [0.2, 0.25) is 0 Å². The monoisotopic (exact) mass is 340 g/mol. The number of hydrogen-bond acceptors (Lipinski definition) is 4. The molecule has 1 aromatic heterocycles. The maximum atomic E-state index is 13.4. The number of phenolic OH excluding ortho intramolecular Hbond substituents is 1. The summed E-state index contributed by atoms with van der Waals surface area (Å²) in [7, 11) is 0. The Balaban J connectivity index is 1.62. The van der Waals surface area contributed by atoms with Gasteiger partial charge in [-0.05, 0) is 42.5 Å². The molecule has 0 unspecified atom stereocenters. The third-order valence-electron chi connectivity index (χ3n) is 5.09. The van der Waals surface area contributed by atoms with E-state index in [2.05, 4.69) is 41.2 Å². The molecule has 0 amide bonds. The minimum atomic E-state index is -0.692. The van der Waals surface area contributed by atoms with Gasteiger partial charge in [0.05, 0.1) is 11.2 Å². The average Bonchev–Trinajstić information content (AvgIpc) is 2.98. The van der Waals surface area contributed by atoms with Crippen molar-refractivity contribution >= 4 is 16.7 Å². The highest BCUT2D eigenvalue weighted by molar-refractivity contribution is 5.78. The van der Waals surface area contributed by atoms with Gasteiger partial charge in [0.25, 0.3) is 0 Å². The zero-order chi connectivity index (χ0) is 17.6. The van der Waals surface area contributed by atoms with E-state index in [-0.39, 0.29) is 0 Å². The molecule has 25 heavy (non-hydrogen) atoms. The van der Waals surface area contributed by atoms with Crippen LogP contribution in [-0.4, -0.2) is 33.2 Å². The van der Waals surface area contributed by atoms with Crippen molar-refractivity contribution in [2.24, 2.45) is 5.41 Å². The first kappa shape index (κ1) is 15.9. The minimum absolute atomic E-state index is 0.399. The van der Waals surface area contributed by atoms with Crippen molar-refractivity contribution < 1.29 is 9.50 Å². The number of phenols is 1. The van der Waals surface area contributed by atoms with Crippen LogP contribution >= 0.6 is 0 Å². The normalized spacial score (nSPS) is 17.2. The van der Waals surface area contributed by atoms with E-state index < -0.39 is 11.6 Å². The predicted octanol–water partition coefficient (Wildman–Crippen LogP) is 3.89. The smallest absolute Gasteiger partial charge is 0.167 e. The quantitative estimate of drug-likeness (QED) is 0.769. The van der Waals surface area contributed by atoms with Crippen molar-refractivity contribution in [2.45, 2.75) is 26.7 Å². The summed E-state index contributed by atoms with van der Waals surface area (Å²) in [6.45, 7) is 6.76. The first-order chi connectivity index (χ1) is 11.9. The summed E-state index contributed by atoms with van der Waals surface area (Å²) < 4.78 is 15.0. The topological polar surface area (TPSA) is 54.2 Å². The summed E-state index contributed by atoms with van der Waals surface area (Å²) in [5, 5.41) is 17.7. The molecule has 1 aliphatic rings. The number of aromatic nitrogens is 3. The molecule has 0 spiro atoms. The van der Waals surface area contributed by atoms with Crippen LogP contribution in [0.25, 0.3) is 16.7 Å². The summed E-state index contributed by atoms with van der Waals surface area (Å²) in [5.41, 5.74) is 3.43. The fourth-order valence-corrected chi connectivity index (χ4v) is 3.30. The lowest BCUT2D eigenvalue weighted by molar-refractivity contribution is 0.280. The second-order valence-corrected chi connectivity index (χ2v) is 7.46. The molecule has 0 saturated carbocycles. The molecule has 0 radical (unpaired) electrons. The van der Waals surface area contributed by atoms with Crippen molar-refractivity contribution in [2.75, 3.05) is 18.0 Å². The van der Waals surface area contributed by atoms with E-state index in [0.717, 1.165) is 18.8 Å². The van der Waals surface area contributed by atoms with E-state index in [1.807, 2.05) is 12.1 Å². The van der Waals surface area contributed by atoms with E-state index in [0.29, 0.717) is 16.4 Å². The van der Waals surface area contributed by atoms with Gasteiger partial charge in [-0.25, -0.2) is 9.07 Å². The number of piperidine rings is 1. The van der Waals surface area contributed by atoms with Crippen molar-refractivity contribution in [1.82, 2.24) is 15.0 Å². The number of benzene rings is 2. The van der Waals surface area contributed by atoms with Gasteiger partial charge in [-0.3, -0.25) is 0 Å². The van der Waals surface area contributed by atoms with Crippen LogP contribution < -0.4 is 4.90 Å². The van der Waals surface area contributed by atoms with Crippen LogP contribution in [0.15, 0.2) is 36.4 Å². The van der Waals surface area contributed by atoms with Crippen molar-refractivity contribution in [3.63, 3.8) is 0 Å². The maximum Gasteiger partial charge on any atom is 0.167 e. The lowest BCUT2D eigenvalue weighted by atomic mass is 9.82. The Kier molecular flexibility index (Phi) is 3.63. The van der Waals surface area contributed by atoms with Crippen LogP contribution in [0.1, 0.15) is 26.7 Å². The number of aromatic hydroxyl groups is 1. The Morgan fingerprint density at radius 2 is 1.68 bits per heavy atom. The number of anilines is 1. The Labute approximate surface area is 145 Å². The standard InChI is InChI=1S/C19H21FN4O/c1-19(2)7-9-23(10-8-19)13-3-5-14(6-4-13)24-17-12-18(25)15(20)11-16(17)21-22-24/h3-6,11-12,25H,7-10H2,1-2H3. The Morgan fingerprint density at radius 1 is 1.04 bits per heavy atom. The highest BCUT2D eigenvalue weighted by Crippen LogP contribution is 2.32. The molecule has 1 aliphatic heterocycles. The number of fused-ring (bicyclic) bond motifs is 1. The molecule has 5 nitrogen and oxygen atoms in total. The molecule has 1 saturated heterocycles. The largest absolute Gasteiger partial charge is 0.505 e. The number of halogens is 1. The van der Waals surface area contributed by atoms with Gasteiger partial charge >= 0.3 is 0 Å². The van der Waals surface area contributed by atoms with Gasteiger partial charge in [-0.2, -0.15) is 0 Å². The third-order valence-corrected chi connectivity index (χ3v) is 5.09. The van der Waals surface area contributed by atoms with Crippen molar-refractivity contribution in [3.05, 3.63) is 42.2 Å². The molecule has 4 rings (SSSR count). The molecular weight excluding hydrogens is 319 g/mol. The van der Waals surface area contributed by atoms with Gasteiger partial charge in [0.1, 0.15) is 5.52 Å². The second kappa shape index (κ2) is 5.72. The molecule has 2 aromatic carbocycles. The molecular formula is C19H21FN4O. The molecule has 2 heterocycles. The Morgan fingerprint density at radius 3 is 2.36 bits per heavy atom. The lowest BCUT2D eigenvalue weighted by Crippen LogP contribution is -2.37. The van der Waals surface area contributed by atoms with Crippen LogP contribution in [0.5, 0.6) is 5.75 Å². The first-order valence-corrected chi connectivity index (χ1v) is 8.52. The molecule has 1 N–H and O–H groups in total. The summed E-state index contributed by atoms with van der Waals surface area (Å²) in [6, 6.07) is 10.6. The van der Waals surface area contributed by atoms with E-state index in [9.17, 15) is 9.50 Å². The summed E-state index contributed by atoms with van der Waals surface area (Å²) >= 11 is 0. The van der Waals surface area contributed by atoms with E-state index in [1.54, 1.807) is 4.68 Å². The highest BCUT2D eigenvalue weighted by Gasteiger charge is 2.25. The molecule has 0 atom stereocenters. The zero-order valence-electron chi connectivity index (χ0n) is 14.4. The minimum Gasteiger partial charge on any atom is -0.505 e. The summed E-state index contributed by atoms with van der Waals surface area (Å²) in [5.74, 6) is -1.09. The van der Waals surface area contributed by atoms with E-state index >= 15 is 0 Å². The Hall–Kier alpha value is -2.63. The Bertz CT molecular complexity index is 907. The van der Waals surface area contributed by atoms with Crippen LogP contribution in [0.3, 0.4) is 0 Å². The van der Waals surface area contributed by atoms with Crippen LogP contribution in [0.2, 0.25) is 0 Å². The van der Waals surface area contributed by atoms with Crippen molar-refractivity contribution in [3.8, 4) is 11.4 Å². The van der Waals surface area contributed by atoms with E-state index in [1.165, 1.54) is 30.7 Å². The van der Waals surface area contributed by atoms with Gasteiger partial charge < -0.3 is 10.0 Å². The van der Waals surface area contributed by atoms with Gasteiger partial charge in [0, 0.05) is 30.9 Å². The summed E-state index contributed by atoms with van der Waals surface area (Å²) in [4.78, 5) is 2.40. The van der Waals surface area contributed by atoms with Gasteiger partial charge in [-0.15, -0.1) is 5.10 Å². The van der Waals surface area contributed by atoms with E-state index in [4.69, 9.17) is 0 Å². The maximum absolute atomic E-state index is 13.4. The van der Waals surface area contributed by atoms with Gasteiger partial charge in [-0.1, -0.05) is 19.1 Å². The third kappa shape index (κ3) is 2.92. The number of hydrogen-bond donors (Lipinski definition) is 1.